The van der Waals surface area contributed by atoms with Crippen molar-refractivity contribution in [2.75, 3.05) is 11.9 Å². The van der Waals surface area contributed by atoms with Crippen molar-refractivity contribution in [2.24, 2.45) is 5.92 Å². The van der Waals surface area contributed by atoms with Gasteiger partial charge in [0.1, 0.15) is 5.75 Å². The summed E-state index contributed by atoms with van der Waals surface area (Å²) >= 11 is 0. The Morgan fingerprint density at radius 1 is 1.10 bits per heavy atom. The zero-order chi connectivity index (χ0) is 14.4. The van der Waals surface area contributed by atoms with Crippen LogP contribution in [0, 0.1) is 5.92 Å². The molecule has 0 fully saturated rings. The number of rotatable bonds is 6. The van der Waals surface area contributed by atoms with E-state index in [-0.39, 0.29) is 6.04 Å². The normalized spacial score (nSPS) is 12.2. The van der Waals surface area contributed by atoms with Crippen molar-refractivity contribution in [3.8, 4) is 5.75 Å². The summed E-state index contributed by atoms with van der Waals surface area (Å²) in [6.07, 6.45) is 3.63. The molecule has 2 rings (SSSR count). The smallest absolute Gasteiger partial charge is 0.121 e. The van der Waals surface area contributed by atoms with E-state index in [1.807, 2.05) is 42.7 Å². The van der Waals surface area contributed by atoms with Crippen LogP contribution < -0.4 is 10.1 Å². The van der Waals surface area contributed by atoms with E-state index in [0.29, 0.717) is 5.92 Å². The van der Waals surface area contributed by atoms with Gasteiger partial charge < -0.3 is 10.1 Å². The number of aromatic nitrogens is 1. The summed E-state index contributed by atoms with van der Waals surface area (Å²) in [5, 5.41) is 3.48. The summed E-state index contributed by atoms with van der Waals surface area (Å²) in [6, 6.07) is 12.4. The Bertz CT molecular complexity index is 526. The Labute approximate surface area is 121 Å². The molecule has 1 aromatic carbocycles. The second-order valence-electron chi connectivity index (χ2n) is 5.38. The van der Waals surface area contributed by atoms with Crippen LogP contribution in [-0.4, -0.2) is 11.6 Å². The minimum absolute atomic E-state index is 0.235. The average molecular weight is 270 g/mol. The van der Waals surface area contributed by atoms with Crippen molar-refractivity contribution in [3.63, 3.8) is 0 Å². The number of nitrogens with one attached hydrogen (secondary N) is 1. The Balaban J connectivity index is 2.00. The zero-order valence-corrected chi connectivity index (χ0v) is 12.3. The van der Waals surface area contributed by atoms with Crippen LogP contribution in [0.2, 0.25) is 0 Å². The molecule has 2 aromatic rings. The molecule has 20 heavy (non-hydrogen) atoms. The average Bonchev–Trinajstić information content (AvgIpc) is 2.46. The van der Waals surface area contributed by atoms with E-state index in [0.717, 1.165) is 18.0 Å². The van der Waals surface area contributed by atoms with Crippen molar-refractivity contribution >= 4 is 5.69 Å². The number of pyridine rings is 1. The van der Waals surface area contributed by atoms with Gasteiger partial charge in [-0.1, -0.05) is 19.9 Å². The van der Waals surface area contributed by atoms with Crippen molar-refractivity contribution in [1.29, 1.82) is 0 Å². The molecule has 1 aromatic heterocycles. The Hall–Kier alpha value is -2.03. The van der Waals surface area contributed by atoms with Crippen LogP contribution in [-0.2, 0) is 0 Å². The standard InChI is InChI=1S/C17H22N2O/c1-13(2)12-20-17-6-4-5-16(11-17)19-14(3)15-7-9-18-10-8-15/h4-11,13-14,19H,12H2,1-3H3. The molecule has 0 saturated carbocycles. The fourth-order valence-electron chi connectivity index (χ4n) is 1.92. The number of anilines is 1. The fourth-order valence-corrected chi connectivity index (χ4v) is 1.92. The molecule has 1 heterocycles. The van der Waals surface area contributed by atoms with Crippen LogP contribution in [0.25, 0.3) is 0 Å². The van der Waals surface area contributed by atoms with Gasteiger partial charge in [-0.2, -0.15) is 0 Å². The van der Waals surface area contributed by atoms with Crippen LogP contribution in [0.1, 0.15) is 32.4 Å². The highest BCUT2D eigenvalue weighted by Crippen LogP contribution is 2.22. The van der Waals surface area contributed by atoms with E-state index in [1.165, 1.54) is 5.56 Å². The molecule has 1 N–H and O–H groups in total. The maximum absolute atomic E-state index is 5.75. The van der Waals surface area contributed by atoms with Gasteiger partial charge in [-0.15, -0.1) is 0 Å². The van der Waals surface area contributed by atoms with Crippen LogP contribution in [0.5, 0.6) is 5.75 Å². The van der Waals surface area contributed by atoms with Crippen molar-refractivity contribution in [1.82, 2.24) is 4.98 Å². The third-order valence-electron chi connectivity index (χ3n) is 3.01. The predicted molar refractivity (Wildman–Crippen MR) is 83.0 cm³/mol. The highest BCUT2D eigenvalue weighted by Gasteiger charge is 2.05. The number of ether oxygens (including phenoxy) is 1. The zero-order valence-electron chi connectivity index (χ0n) is 12.3. The first-order valence-electron chi connectivity index (χ1n) is 7.04. The number of nitrogens with zero attached hydrogens (tertiary/aromatic N) is 1. The predicted octanol–water partition coefficient (Wildman–Crippen LogP) is 4.29. The molecule has 0 radical (unpaired) electrons. The monoisotopic (exact) mass is 270 g/mol. The van der Waals surface area contributed by atoms with Crippen LogP contribution in [0.3, 0.4) is 0 Å². The van der Waals surface area contributed by atoms with Crippen LogP contribution >= 0.6 is 0 Å². The molecular formula is C17H22N2O. The number of benzene rings is 1. The molecule has 3 heteroatoms. The lowest BCUT2D eigenvalue weighted by atomic mass is 10.1. The van der Waals surface area contributed by atoms with E-state index in [4.69, 9.17) is 4.74 Å². The molecule has 0 spiro atoms. The topological polar surface area (TPSA) is 34.1 Å². The lowest BCUT2D eigenvalue weighted by Gasteiger charge is -2.16. The molecule has 0 bridgehead atoms. The molecule has 3 nitrogen and oxygen atoms in total. The second-order valence-corrected chi connectivity index (χ2v) is 5.38. The largest absolute Gasteiger partial charge is 0.493 e. The molecule has 0 amide bonds. The minimum Gasteiger partial charge on any atom is -0.493 e. The number of hydrogen-bond donors (Lipinski definition) is 1. The SMILES string of the molecule is CC(C)COc1cccc(NC(C)c2ccncc2)c1. The summed E-state index contributed by atoms with van der Waals surface area (Å²) in [4.78, 5) is 4.04. The highest BCUT2D eigenvalue weighted by atomic mass is 16.5. The maximum Gasteiger partial charge on any atom is 0.121 e. The Morgan fingerprint density at radius 3 is 2.55 bits per heavy atom. The van der Waals surface area contributed by atoms with E-state index in [1.54, 1.807) is 0 Å². The maximum atomic E-state index is 5.75. The van der Waals surface area contributed by atoms with Crippen molar-refractivity contribution in [3.05, 3.63) is 54.4 Å². The molecule has 1 atom stereocenters. The van der Waals surface area contributed by atoms with E-state index in [2.05, 4.69) is 37.1 Å². The molecule has 0 saturated heterocycles. The van der Waals surface area contributed by atoms with Gasteiger partial charge in [0.15, 0.2) is 0 Å². The van der Waals surface area contributed by atoms with E-state index in [9.17, 15) is 0 Å². The van der Waals surface area contributed by atoms with Crippen molar-refractivity contribution in [2.45, 2.75) is 26.8 Å². The van der Waals surface area contributed by atoms with Gasteiger partial charge >= 0.3 is 0 Å². The minimum atomic E-state index is 0.235. The van der Waals surface area contributed by atoms with Gasteiger partial charge in [-0.25, -0.2) is 0 Å². The third kappa shape index (κ3) is 4.26. The van der Waals surface area contributed by atoms with E-state index < -0.39 is 0 Å². The van der Waals surface area contributed by atoms with Gasteiger partial charge in [-0.3, -0.25) is 4.98 Å². The quantitative estimate of drug-likeness (QED) is 0.850. The third-order valence-corrected chi connectivity index (χ3v) is 3.01. The first kappa shape index (κ1) is 14.4. The molecule has 0 aliphatic heterocycles. The molecule has 1 unspecified atom stereocenters. The summed E-state index contributed by atoms with van der Waals surface area (Å²) in [6.45, 7) is 7.17. The van der Waals surface area contributed by atoms with Crippen LogP contribution in [0.15, 0.2) is 48.8 Å². The summed E-state index contributed by atoms with van der Waals surface area (Å²) in [5.74, 6) is 1.44. The first-order chi connectivity index (χ1) is 9.65. The van der Waals surface area contributed by atoms with Gasteiger partial charge in [0, 0.05) is 30.2 Å². The lowest BCUT2D eigenvalue weighted by Crippen LogP contribution is -2.07. The van der Waals surface area contributed by atoms with Gasteiger partial charge in [-0.05, 0) is 42.7 Å². The second kappa shape index (κ2) is 6.94. The Kier molecular flexibility index (Phi) is 4.99. The summed E-state index contributed by atoms with van der Waals surface area (Å²) < 4.78 is 5.75. The Morgan fingerprint density at radius 2 is 1.85 bits per heavy atom. The highest BCUT2D eigenvalue weighted by molar-refractivity contribution is 5.49. The molecule has 106 valence electrons. The van der Waals surface area contributed by atoms with Gasteiger partial charge in [0.05, 0.1) is 6.61 Å². The molecule has 0 aliphatic rings. The van der Waals surface area contributed by atoms with Crippen LogP contribution in [0.4, 0.5) is 5.69 Å². The summed E-state index contributed by atoms with van der Waals surface area (Å²) in [7, 11) is 0. The van der Waals surface area contributed by atoms with Gasteiger partial charge in [0.25, 0.3) is 0 Å². The molecular weight excluding hydrogens is 248 g/mol. The van der Waals surface area contributed by atoms with E-state index >= 15 is 0 Å². The van der Waals surface area contributed by atoms with Crippen molar-refractivity contribution < 1.29 is 4.74 Å². The van der Waals surface area contributed by atoms with Gasteiger partial charge in [0.2, 0.25) is 0 Å². The molecule has 0 aliphatic carbocycles. The number of hydrogen-bond acceptors (Lipinski definition) is 3. The lowest BCUT2D eigenvalue weighted by molar-refractivity contribution is 0.271. The fraction of sp³-hybridized carbons (Fsp3) is 0.353. The summed E-state index contributed by atoms with van der Waals surface area (Å²) in [5.41, 5.74) is 2.28. The first-order valence-corrected chi connectivity index (χ1v) is 7.04.